The Kier molecular flexibility index (Phi) is 1.92. The van der Waals surface area contributed by atoms with Crippen LogP contribution >= 0.6 is 0 Å². The fourth-order valence-electron chi connectivity index (χ4n) is 2.51. The summed E-state index contributed by atoms with van der Waals surface area (Å²) in [6, 6.07) is 0. The van der Waals surface area contributed by atoms with Crippen LogP contribution in [-0.2, 0) is 4.43 Å². The van der Waals surface area contributed by atoms with Gasteiger partial charge in [-0.2, -0.15) is 0 Å². The zero-order valence-electron chi connectivity index (χ0n) is 8.21. The first-order valence-electron chi connectivity index (χ1n) is 4.92. The van der Waals surface area contributed by atoms with E-state index in [0.717, 1.165) is 24.0 Å². The van der Waals surface area contributed by atoms with Gasteiger partial charge in [0.15, 0.2) is 8.32 Å². The van der Waals surface area contributed by atoms with Crippen molar-refractivity contribution in [3.63, 3.8) is 0 Å². The molecule has 1 heterocycles. The first-order chi connectivity index (χ1) is 5.59. The molecule has 1 aliphatic heterocycles. The molecule has 3 atom stereocenters. The largest absolute Gasteiger partial charge is 0.416 e. The molecule has 2 aliphatic rings. The van der Waals surface area contributed by atoms with Crippen molar-refractivity contribution in [2.75, 3.05) is 6.61 Å². The SMILES string of the molecule is CC1C=C[C@@H]2CO[Si](C)(C)[C@@H]2C1. The molecule has 2 heteroatoms. The van der Waals surface area contributed by atoms with Gasteiger partial charge in [0.25, 0.3) is 0 Å². The van der Waals surface area contributed by atoms with Crippen molar-refractivity contribution >= 4 is 8.32 Å². The van der Waals surface area contributed by atoms with E-state index in [4.69, 9.17) is 4.43 Å². The van der Waals surface area contributed by atoms with Gasteiger partial charge in [-0.3, -0.25) is 0 Å². The molecule has 1 aliphatic carbocycles. The quantitative estimate of drug-likeness (QED) is 0.413. The molecule has 12 heavy (non-hydrogen) atoms. The van der Waals surface area contributed by atoms with Crippen molar-refractivity contribution in [2.45, 2.75) is 32.0 Å². The maximum Gasteiger partial charge on any atom is 0.190 e. The molecule has 0 aromatic rings. The van der Waals surface area contributed by atoms with Crippen LogP contribution in [0.15, 0.2) is 12.2 Å². The van der Waals surface area contributed by atoms with Gasteiger partial charge in [0, 0.05) is 12.5 Å². The first kappa shape index (κ1) is 8.51. The molecule has 1 unspecified atom stereocenters. The average molecular weight is 182 g/mol. The molecule has 1 nitrogen and oxygen atoms in total. The highest BCUT2D eigenvalue weighted by atomic mass is 28.4. The van der Waals surface area contributed by atoms with Crippen molar-refractivity contribution in [2.24, 2.45) is 11.8 Å². The van der Waals surface area contributed by atoms with Gasteiger partial charge in [0.1, 0.15) is 0 Å². The van der Waals surface area contributed by atoms with E-state index >= 15 is 0 Å². The molecule has 0 radical (unpaired) electrons. The van der Waals surface area contributed by atoms with Gasteiger partial charge in [0.05, 0.1) is 0 Å². The fourth-order valence-corrected chi connectivity index (χ4v) is 5.52. The molecule has 1 saturated heterocycles. The van der Waals surface area contributed by atoms with E-state index in [0.29, 0.717) is 0 Å². The van der Waals surface area contributed by atoms with Crippen molar-refractivity contribution in [1.29, 1.82) is 0 Å². The maximum atomic E-state index is 5.92. The summed E-state index contributed by atoms with van der Waals surface area (Å²) in [6.45, 7) is 8.04. The molecule has 0 aromatic carbocycles. The number of fused-ring (bicyclic) bond motifs is 1. The van der Waals surface area contributed by atoms with E-state index in [1.807, 2.05) is 0 Å². The predicted octanol–water partition coefficient (Wildman–Crippen LogP) is 2.80. The van der Waals surface area contributed by atoms with E-state index in [2.05, 4.69) is 32.2 Å². The van der Waals surface area contributed by atoms with Crippen LogP contribution in [0.5, 0.6) is 0 Å². The average Bonchev–Trinajstić information content (AvgIpc) is 2.28. The lowest BCUT2D eigenvalue weighted by Gasteiger charge is -2.30. The highest BCUT2D eigenvalue weighted by Crippen LogP contribution is 2.45. The standard InChI is InChI=1S/C10H18OSi/c1-8-4-5-9-7-11-12(2,3)10(9)6-8/h4-5,8-10H,6-7H2,1-3H3/t8?,9-,10-/m1/s1. The minimum absolute atomic E-state index is 0.753. The van der Waals surface area contributed by atoms with Crippen molar-refractivity contribution in [3.8, 4) is 0 Å². The van der Waals surface area contributed by atoms with Crippen LogP contribution in [-0.4, -0.2) is 14.9 Å². The predicted molar refractivity (Wildman–Crippen MR) is 53.6 cm³/mol. The summed E-state index contributed by atoms with van der Waals surface area (Å²) >= 11 is 0. The molecule has 0 amide bonds. The molecule has 68 valence electrons. The minimum Gasteiger partial charge on any atom is -0.416 e. The third-order valence-corrected chi connectivity index (χ3v) is 6.73. The smallest absolute Gasteiger partial charge is 0.190 e. The van der Waals surface area contributed by atoms with E-state index in [9.17, 15) is 0 Å². The van der Waals surface area contributed by atoms with Gasteiger partial charge >= 0.3 is 0 Å². The highest BCUT2D eigenvalue weighted by molar-refractivity contribution is 6.73. The second kappa shape index (κ2) is 2.71. The van der Waals surface area contributed by atoms with Gasteiger partial charge in [-0.05, 0) is 31.0 Å². The van der Waals surface area contributed by atoms with Gasteiger partial charge in [0.2, 0.25) is 0 Å². The van der Waals surface area contributed by atoms with E-state index in [1.165, 1.54) is 6.42 Å². The summed E-state index contributed by atoms with van der Waals surface area (Å²) in [5, 5.41) is 0. The third-order valence-electron chi connectivity index (χ3n) is 3.37. The Morgan fingerprint density at radius 2 is 2.08 bits per heavy atom. The molecule has 0 bridgehead atoms. The van der Waals surface area contributed by atoms with Crippen molar-refractivity contribution < 1.29 is 4.43 Å². The lowest BCUT2D eigenvalue weighted by atomic mass is 9.90. The normalized spacial score (nSPS) is 44.4. The lowest BCUT2D eigenvalue weighted by Crippen LogP contribution is -2.33. The lowest BCUT2D eigenvalue weighted by molar-refractivity contribution is 0.320. The van der Waals surface area contributed by atoms with Crippen molar-refractivity contribution in [1.82, 2.24) is 0 Å². The number of hydrogen-bond donors (Lipinski definition) is 0. The summed E-state index contributed by atoms with van der Waals surface area (Å²) in [5.74, 6) is 1.53. The Bertz CT molecular complexity index is 210. The Balaban J connectivity index is 2.20. The van der Waals surface area contributed by atoms with Gasteiger partial charge in [-0.15, -0.1) is 0 Å². The Hall–Kier alpha value is -0.0831. The zero-order chi connectivity index (χ0) is 8.77. The minimum atomic E-state index is -1.30. The van der Waals surface area contributed by atoms with Crippen LogP contribution in [0.25, 0.3) is 0 Å². The molecule has 0 saturated carbocycles. The van der Waals surface area contributed by atoms with Crippen LogP contribution in [0.4, 0.5) is 0 Å². The van der Waals surface area contributed by atoms with Crippen LogP contribution in [0, 0.1) is 11.8 Å². The van der Waals surface area contributed by atoms with E-state index < -0.39 is 8.32 Å². The molecular weight excluding hydrogens is 164 g/mol. The van der Waals surface area contributed by atoms with Gasteiger partial charge in [-0.25, -0.2) is 0 Å². The highest BCUT2D eigenvalue weighted by Gasteiger charge is 2.45. The van der Waals surface area contributed by atoms with Crippen LogP contribution in [0.2, 0.25) is 18.6 Å². The monoisotopic (exact) mass is 182 g/mol. The molecular formula is C10H18OSi. The molecule has 0 spiro atoms. The summed E-state index contributed by atoms with van der Waals surface area (Å²) in [5.41, 5.74) is 0.887. The summed E-state index contributed by atoms with van der Waals surface area (Å²) in [7, 11) is -1.30. The van der Waals surface area contributed by atoms with Crippen LogP contribution < -0.4 is 0 Å². The second-order valence-electron chi connectivity index (χ2n) is 4.78. The second-order valence-corrected chi connectivity index (χ2v) is 9.02. The van der Waals surface area contributed by atoms with E-state index in [-0.39, 0.29) is 0 Å². The Morgan fingerprint density at radius 1 is 1.33 bits per heavy atom. The molecule has 1 fully saturated rings. The first-order valence-corrected chi connectivity index (χ1v) is 7.90. The summed E-state index contributed by atoms with van der Waals surface area (Å²) in [6.07, 6.45) is 6.11. The zero-order valence-corrected chi connectivity index (χ0v) is 9.21. The Morgan fingerprint density at radius 3 is 2.83 bits per heavy atom. The Labute approximate surface area is 75.9 Å². The number of allylic oxidation sites excluding steroid dienone is 1. The number of rotatable bonds is 0. The fraction of sp³-hybridized carbons (Fsp3) is 0.800. The summed E-state index contributed by atoms with van der Waals surface area (Å²) < 4.78 is 5.92. The van der Waals surface area contributed by atoms with Crippen molar-refractivity contribution in [3.05, 3.63) is 12.2 Å². The molecule has 2 rings (SSSR count). The third kappa shape index (κ3) is 1.27. The van der Waals surface area contributed by atoms with Crippen LogP contribution in [0.1, 0.15) is 13.3 Å². The topological polar surface area (TPSA) is 9.23 Å². The maximum absolute atomic E-state index is 5.92. The van der Waals surface area contributed by atoms with Gasteiger partial charge in [-0.1, -0.05) is 19.1 Å². The summed E-state index contributed by atoms with van der Waals surface area (Å²) in [4.78, 5) is 0. The van der Waals surface area contributed by atoms with Gasteiger partial charge < -0.3 is 4.43 Å². The molecule has 0 aromatic heterocycles. The van der Waals surface area contributed by atoms with E-state index in [1.54, 1.807) is 0 Å². The molecule has 0 N–H and O–H groups in total. The number of hydrogen-bond acceptors (Lipinski definition) is 1. The van der Waals surface area contributed by atoms with Crippen LogP contribution in [0.3, 0.4) is 0 Å².